The number of hydrogen-bond acceptors (Lipinski definition) is 5. The second-order valence-corrected chi connectivity index (χ2v) is 8.90. The molecule has 3 aromatic rings. The lowest BCUT2D eigenvalue weighted by Crippen LogP contribution is -2.23. The zero-order valence-corrected chi connectivity index (χ0v) is 17.0. The van der Waals surface area contributed by atoms with E-state index in [1.165, 1.54) is 6.07 Å². The Balaban J connectivity index is 1.80. The van der Waals surface area contributed by atoms with Crippen molar-refractivity contribution in [2.24, 2.45) is 7.05 Å². The second-order valence-electron chi connectivity index (χ2n) is 6.99. The summed E-state index contributed by atoms with van der Waals surface area (Å²) in [5.41, 5.74) is 2.27. The molecule has 0 unspecified atom stereocenters. The first-order valence-corrected chi connectivity index (χ1v) is 10.8. The highest BCUT2D eigenvalue weighted by molar-refractivity contribution is 7.90. The van der Waals surface area contributed by atoms with Crippen molar-refractivity contribution in [3.8, 4) is 0 Å². The van der Waals surface area contributed by atoms with Crippen LogP contribution in [-0.4, -0.2) is 52.5 Å². The molecule has 0 saturated heterocycles. The van der Waals surface area contributed by atoms with Crippen LogP contribution in [-0.2, 0) is 36.4 Å². The number of benzene rings is 1. The van der Waals surface area contributed by atoms with Gasteiger partial charge in [-0.2, -0.15) is 5.10 Å². The summed E-state index contributed by atoms with van der Waals surface area (Å²) in [7, 11) is 0.297. The summed E-state index contributed by atoms with van der Waals surface area (Å²) in [5.74, 6) is -0.369. The quantitative estimate of drug-likeness (QED) is 0.572. The van der Waals surface area contributed by atoms with Crippen LogP contribution in [0.3, 0.4) is 0 Å². The molecule has 0 saturated carbocycles. The Morgan fingerprint density at radius 3 is 2.61 bits per heavy atom. The third kappa shape index (κ3) is 4.85. The highest BCUT2D eigenvalue weighted by Gasteiger charge is 2.20. The Labute approximate surface area is 164 Å². The second kappa shape index (κ2) is 8.24. The van der Waals surface area contributed by atoms with Crippen molar-refractivity contribution in [2.75, 3.05) is 19.8 Å². The molecule has 0 bridgehead atoms. The molecule has 0 radical (unpaired) electrons. The van der Waals surface area contributed by atoms with E-state index in [9.17, 15) is 12.8 Å². The number of halogens is 1. The first-order valence-electron chi connectivity index (χ1n) is 8.88. The van der Waals surface area contributed by atoms with Crippen molar-refractivity contribution in [1.82, 2.24) is 24.2 Å². The maximum atomic E-state index is 14.1. The fourth-order valence-electron chi connectivity index (χ4n) is 3.06. The van der Waals surface area contributed by atoms with E-state index in [4.69, 9.17) is 0 Å². The third-order valence-electron chi connectivity index (χ3n) is 4.49. The van der Waals surface area contributed by atoms with Crippen LogP contribution in [0.2, 0.25) is 0 Å². The van der Waals surface area contributed by atoms with E-state index in [-0.39, 0.29) is 17.5 Å². The Morgan fingerprint density at radius 2 is 1.96 bits per heavy atom. The Morgan fingerprint density at radius 1 is 1.21 bits per heavy atom. The maximum absolute atomic E-state index is 14.1. The van der Waals surface area contributed by atoms with Crippen molar-refractivity contribution in [1.29, 1.82) is 0 Å². The van der Waals surface area contributed by atoms with E-state index in [1.807, 2.05) is 26.5 Å². The van der Waals surface area contributed by atoms with E-state index >= 15 is 0 Å². The van der Waals surface area contributed by atoms with Gasteiger partial charge in [0.1, 0.15) is 5.82 Å². The maximum Gasteiger partial charge on any atom is 0.227 e. The van der Waals surface area contributed by atoms with Crippen molar-refractivity contribution in [2.45, 2.75) is 24.7 Å². The number of likely N-dealkylation sites (N-methyl/N-ethyl adjacent to an activating group) is 1. The van der Waals surface area contributed by atoms with Crippen LogP contribution in [0.25, 0.3) is 0 Å². The standard InChI is InChI=1S/C19H24FN5O2S/c1-23(9-8-15-10-22-24(2)12-15)14-17-11-21-19(28(3,26)27)25(17)13-16-6-4-5-7-18(16)20/h4-7,10-12H,8-9,13-14H2,1-3H3. The lowest BCUT2D eigenvalue weighted by Gasteiger charge is -2.18. The lowest BCUT2D eigenvalue weighted by atomic mass is 10.2. The summed E-state index contributed by atoms with van der Waals surface area (Å²) < 4.78 is 41.7. The molecule has 0 N–H and O–H groups in total. The van der Waals surface area contributed by atoms with Gasteiger partial charge in [-0.05, 0) is 25.1 Å². The first kappa shape index (κ1) is 20.2. The van der Waals surface area contributed by atoms with E-state index < -0.39 is 9.84 Å². The molecule has 0 amide bonds. The fourth-order valence-corrected chi connectivity index (χ4v) is 3.88. The Kier molecular flexibility index (Phi) is 5.95. The molecule has 0 aliphatic rings. The molecular weight excluding hydrogens is 381 g/mol. The van der Waals surface area contributed by atoms with Crippen molar-refractivity contribution in [3.05, 3.63) is 65.5 Å². The number of imidazole rings is 1. The van der Waals surface area contributed by atoms with Gasteiger partial charge in [0, 0.05) is 38.2 Å². The number of aryl methyl sites for hydroxylation is 1. The number of sulfone groups is 1. The fraction of sp³-hybridized carbons (Fsp3) is 0.368. The Bertz CT molecular complexity index is 1060. The lowest BCUT2D eigenvalue weighted by molar-refractivity contribution is 0.320. The van der Waals surface area contributed by atoms with E-state index in [0.29, 0.717) is 12.1 Å². The van der Waals surface area contributed by atoms with Gasteiger partial charge < -0.3 is 9.47 Å². The summed E-state index contributed by atoms with van der Waals surface area (Å²) in [5, 5.41) is 4.11. The van der Waals surface area contributed by atoms with Gasteiger partial charge in [-0.3, -0.25) is 4.68 Å². The van der Waals surface area contributed by atoms with Crippen LogP contribution in [0, 0.1) is 5.82 Å². The van der Waals surface area contributed by atoms with Crippen LogP contribution in [0.5, 0.6) is 0 Å². The highest BCUT2D eigenvalue weighted by atomic mass is 32.2. The zero-order valence-electron chi connectivity index (χ0n) is 16.2. The van der Waals surface area contributed by atoms with Crippen molar-refractivity contribution < 1.29 is 12.8 Å². The number of hydrogen-bond donors (Lipinski definition) is 0. The number of aromatic nitrogens is 4. The minimum absolute atomic E-state index is 0.0496. The van der Waals surface area contributed by atoms with Crippen LogP contribution in [0.4, 0.5) is 4.39 Å². The molecule has 28 heavy (non-hydrogen) atoms. The number of rotatable bonds is 8. The van der Waals surface area contributed by atoms with Crippen LogP contribution in [0.15, 0.2) is 48.0 Å². The smallest absolute Gasteiger partial charge is 0.227 e. The van der Waals surface area contributed by atoms with Crippen molar-refractivity contribution in [3.63, 3.8) is 0 Å². The summed E-state index contributed by atoms with van der Waals surface area (Å²) in [4.78, 5) is 6.18. The molecule has 3 rings (SSSR count). The zero-order chi connectivity index (χ0) is 20.3. The van der Waals surface area contributed by atoms with Gasteiger partial charge in [0.05, 0.1) is 24.6 Å². The average Bonchev–Trinajstić information content (AvgIpc) is 3.21. The summed E-state index contributed by atoms with van der Waals surface area (Å²) in [6.07, 6.45) is 7.29. The van der Waals surface area contributed by atoms with E-state index in [1.54, 1.807) is 33.6 Å². The highest BCUT2D eigenvalue weighted by Crippen LogP contribution is 2.17. The first-order chi connectivity index (χ1) is 13.2. The van der Waals surface area contributed by atoms with Crippen LogP contribution >= 0.6 is 0 Å². The number of nitrogens with zero attached hydrogens (tertiary/aromatic N) is 5. The molecule has 9 heteroatoms. The van der Waals surface area contributed by atoms with Crippen LogP contribution < -0.4 is 0 Å². The summed E-state index contributed by atoms with van der Waals surface area (Å²) in [6, 6.07) is 6.36. The summed E-state index contributed by atoms with van der Waals surface area (Å²) >= 11 is 0. The molecule has 0 fully saturated rings. The molecule has 2 aromatic heterocycles. The largest absolute Gasteiger partial charge is 0.313 e. The molecule has 1 aromatic carbocycles. The normalized spacial score (nSPS) is 12.0. The van der Waals surface area contributed by atoms with Gasteiger partial charge >= 0.3 is 0 Å². The van der Waals surface area contributed by atoms with E-state index in [0.717, 1.165) is 30.5 Å². The van der Waals surface area contributed by atoms with Gasteiger partial charge in [0.25, 0.3) is 0 Å². The van der Waals surface area contributed by atoms with E-state index in [2.05, 4.69) is 15.0 Å². The molecular formula is C19H24FN5O2S. The Hall–Kier alpha value is -2.52. The molecule has 0 spiro atoms. The van der Waals surface area contributed by atoms with Crippen molar-refractivity contribution >= 4 is 9.84 Å². The van der Waals surface area contributed by atoms with Gasteiger partial charge in [0.15, 0.2) is 0 Å². The van der Waals surface area contributed by atoms with Crippen LogP contribution in [0.1, 0.15) is 16.8 Å². The SMILES string of the molecule is CN(CCc1cnn(C)c1)Cc1cnc(S(C)(=O)=O)n1Cc1ccccc1F. The molecule has 0 aliphatic heterocycles. The minimum atomic E-state index is -3.53. The molecule has 0 atom stereocenters. The monoisotopic (exact) mass is 405 g/mol. The average molecular weight is 405 g/mol. The predicted octanol–water partition coefficient (Wildman–Crippen LogP) is 1.88. The van der Waals surface area contributed by atoms with Gasteiger partial charge in [-0.15, -0.1) is 0 Å². The molecule has 7 nitrogen and oxygen atoms in total. The molecule has 150 valence electrons. The topological polar surface area (TPSA) is 73.0 Å². The predicted molar refractivity (Wildman–Crippen MR) is 104 cm³/mol. The van der Waals surface area contributed by atoms with Gasteiger partial charge in [0.2, 0.25) is 15.0 Å². The third-order valence-corrected chi connectivity index (χ3v) is 5.48. The van der Waals surface area contributed by atoms with Gasteiger partial charge in [-0.1, -0.05) is 18.2 Å². The molecule has 0 aliphatic carbocycles. The molecule has 2 heterocycles. The summed E-state index contributed by atoms with van der Waals surface area (Å²) in [6.45, 7) is 1.38. The minimum Gasteiger partial charge on any atom is -0.313 e. The van der Waals surface area contributed by atoms with Gasteiger partial charge in [-0.25, -0.2) is 17.8 Å².